The fourth-order valence-corrected chi connectivity index (χ4v) is 1.48. The molecule has 3 nitrogen and oxygen atoms in total. The van der Waals surface area contributed by atoms with Crippen LogP contribution in [0.2, 0.25) is 0 Å². The number of hydrogen-bond acceptors (Lipinski definition) is 3. The third kappa shape index (κ3) is 3.21. The molecule has 0 saturated heterocycles. The molecule has 1 unspecified atom stereocenters. The molecule has 0 radical (unpaired) electrons. The molecule has 20 heavy (non-hydrogen) atoms. The normalized spacial score (nSPS) is 13.2. The van der Waals surface area contributed by atoms with Crippen molar-refractivity contribution in [2.24, 2.45) is 5.73 Å². The van der Waals surface area contributed by atoms with Gasteiger partial charge in [-0.2, -0.15) is 13.2 Å². The maximum atomic E-state index is 13.5. The summed E-state index contributed by atoms with van der Waals surface area (Å²) in [6.45, 7) is 0. The number of ether oxygens (including phenoxy) is 1. The molecule has 0 aliphatic heterocycles. The van der Waals surface area contributed by atoms with Gasteiger partial charge in [-0.15, -0.1) is 0 Å². The number of hydrogen-bond donors (Lipinski definition) is 1. The highest BCUT2D eigenvalue weighted by Crippen LogP contribution is 2.34. The quantitative estimate of drug-likeness (QED) is 0.529. The minimum Gasteiger partial charge on any atom is -0.468 e. The highest BCUT2D eigenvalue weighted by Gasteiger charge is 2.37. The molecule has 0 aliphatic rings. The van der Waals surface area contributed by atoms with Crippen LogP contribution in [0.4, 0.5) is 26.3 Å². The number of benzene rings is 1. The van der Waals surface area contributed by atoms with E-state index >= 15 is 0 Å². The van der Waals surface area contributed by atoms with Crippen molar-refractivity contribution in [1.82, 2.24) is 0 Å². The van der Waals surface area contributed by atoms with E-state index in [1.165, 1.54) is 0 Å². The zero-order valence-corrected chi connectivity index (χ0v) is 10.0. The maximum Gasteiger partial charge on any atom is 0.419 e. The van der Waals surface area contributed by atoms with Crippen LogP contribution in [-0.2, 0) is 22.1 Å². The number of alkyl halides is 3. The van der Waals surface area contributed by atoms with Gasteiger partial charge in [-0.05, 0) is 6.07 Å². The Balaban J connectivity index is 3.25. The van der Waals surface area contributed by atoms with Crippen LogP contribution in [0.15, 0.2) is 6.07 Å². The lowest BCUT2D eigenvalue weighted by molar-refractivity contribution is -0.142. The zero-order chi connectivity index (χ0) is 15.7. The van der Waals surface area contributed by atoms with Crippen LogP contribution in [0, 0.1) is 17.5 Å². The van der Waals surface area contributed by atoms with E-state index in [4.69, 9.17) is 5.73 Å². The molecule has 0 amide bonds. The SMILES string of the molecule is COC(=O)C(N)Cc1c(F)cc(C(F)(F)F)c(F)c1F. The second-order valence-electron chi connectivity index (χ2n) is 3.84. The second-order valence-corrected chi connectivity index (χ2v) is 3.84. The highest BCUT2D eigenvalue weighted by atomic mass is 19.4. The first kappa shape index (κ1) is 16.3. The summed E-state index contributed by atoms with van der Waals surface area (Å²) >= 11 is 0. The first-order valence-corrected chi connectivity index (χ1v) is 5.16. The van der Waals surface area contributed by atoms with Crippen molar-refractivity contribution < 1.29 is 35.9 Å². The van der Waals surface area contributed by atoms with Crippen molar-refractivity contribution in [3.63, 3.8) is 0 Å². The summed E-state index contributed by atoms with van der Waals surface area (Å²) < 4.78 is 81.3. The smallest absolute Gasteiger partial charge is 0.419 e. The predicted octanol–water partition coefficient (Wildman–Crippen LogP) is 2.17. The van der Waals surface area contributed by atoms with Crippen molar-refractivity contribution >= 4 is 5.97 Å². The van der Waals surface area contributed by atoms with Crippen LogP contribution in [0.5, 0.6) is 0 Å². The van der Waals surface area contributed by atoms with E-state index in [1.54, 1.807) is 0 Å². The summed E-state index contributed by atoms with van der Waals surface area (Å²) in [5, 5.41) is 0. The van der Waals surface area contributed by atoms with Crippen molar-refractivity contribution in [2.45, 2.75) is 18.6 Å². The van der Waals surface area contributed by atoms with Gasteiger partial charge in [-0.3, -0.25) is 4.79 Å². The Labute approximate surface area is 109 Å². The molecule has 0 aromatic heterocycles. The summed E-state index contributed by atoms with van der Waals surface area (Å²) in [5.41, 5.74) is 2.10. The molecule has 1 atom stereocenters. The number of halogens is 6. The number of carbonyl (C=O) groups is 1. The van der Waals surface area contributed by atoms with Gasteiger partial charge in [-0.25, -0.2) is 13.2 Å². The lowest BCUT2D eigenvalue weighted by atomic mass is 10.0. The van der Waals surface area contributed by atoms with Crippen molar-refractivity contribution in [1.29, 1.82) is 0 Å². The molecule has 9 heteroatoms. The number of esters is 1. The Kier molecular flexibility index (Phi) is 4.64. The van der Waals surface area contributed by atoms with E-state index in [0.717, 1.165) is 7.11 Å². The van der Waals surface area contributed by atoms with Gasteiger partial charge in [0.15, 0.2) is 11.6 Å². The van der Waals surface area contributed by atoms with Gasteiger partial charge in [-0.1, -0.05) is 0 Å². The third-order valence-electron chi connectivity index (χ3n) is 2.49. The molecular formula is C11H9F6NO2. The van der Waals surface area contributed by atoms with E-state index in [1.807, 2.05) is 0 Å². The summed E-state index contributed by atoms with van der Waals surface area (Å²) in [5.74, 6) is -6.96. The molecular weight excluding hydrogens is 292 g/mol. The van der Waals surface area contributed by atoms with Gasteiger partial charge < -0.3 is 10.5 Å². The Bertz CT molecular complexity index is 529. The van der Waals surface area contributed by atoms with E-state index < -0.39 is 53.2 Å². The molecule has 112 valence electrons. The van der Waals surface area contributed by atoms with Gasteiger partial charge in [0.1, 0.15) is 11.9 Å². The zero-order valence-electron chi connectivity index (χ0n) is 10.0. The average Bonchev–Trinajstić information content (AvgIpc) is 2.36. The third-order valence-corrected chi connectivity index (χ3v) is 2.49. The minimum absolute atomic E-state index is 0.183. The first-order chi connectivity index (χ1) is 9.09. The molecule has 0 heterocycles. The summed E-state index contributed by atoms with van der Waals surface area (Å²) in [7, 11) is 0.961. The standard InChI is InChI=1S/C11H9F6NO2/c1-20-10(19)7(18)2-4-6(12)3-5(11(15,16)17)9(14)8(4)13/h3,7H,2,18H2,1H3. The molecule has 0 aliphatic carbocycles. The van der Waals surface area contributed by atoms with Crippen molar-refractivity contribution in [2.75, 3.05) is 7.11 Å². The average molecular weight is 301 g/mol. The van der Waals surface area contributed by atoms with Gasteiger partial charge in [0.05, 0.1) is 12.7 Å². The molecule has 0 spiro atoms. The Morgan fingerprint density at radius 2 is 1.85 bits per heavy atom. The van der Waals surface area contributed by atoms with Crippen molar-refractivity contribution in [3.05, 3.63) is 34.6 Å². The maximum absolute atomic E-state index is 13.5. The van der Waals surface area contributed by atoms with Gasteiger partial charge in [0.2, 0.25) is 0 Å². The number of rotatable bonds is 3. The highest BCUT2D eigenvalue weighted by molar-refractivity contribution is 5.75. The number of carbonyl (C=O) groups excluding carboxylic acids is 1. The topological polar surface area (TPSA) is 52.3 Å². The van der Waals surface area contributed by atoms with E-state index in [2.05, 4.69) is 4.74 Å². The number of methoxy groups -OCH3 is 1. The Morgan fingerprint density at radius 3 is 2.30 bits per heavy atom. The van der Waals surface area contributed by atoms with Crippen LogP contribution in [0.3, 0.4) is 0 Å². The van der Waals surface area contributed by atoms with Crippen LogP contribution in [-0.4, -0.2) is 19.1 Å². The molecule has 0 fully saturated rings. The lowest BCUT2D eigenvalue weighted by Crippen LogP contribution is -2.34. The molecule has 2 N–H and O–H groups in total. The van der Waals surface area contributed by atoms with Gasteiger partial charge >= 0.3 is 12.1 Å². The Morgan fingerprint density at radius 1 is 1.30 bits per heavy atom. The summed E-state index contributed by atoms with van der Waals surface area (Å²) in [6, 6.07) is -1.71. The molecule has 1 aromatic rings. The van der Waals surface area contributed by atoms with Gasteiger partial charge in [0.25, 0.3) is 0 Å². The molecule has 0 saturated carbocycles. The Hall–Kier alpha value is -1.77. The summed E-state index contributed by atoms with van der Waals surface area (Å²) in [6.07, 6.45) is -6.08. The summed E-state index contributed by atoms with van der Waals surface area (Å²) in [4.78, 5) is 11.0. The fourth-order valence-electron chi connectivity index (χ4n) is 1.48. The van der Waals surface area contributed by atoms with Crippen LogP contribution in [0.25, 0.3) is 0 Å². The molecule has 1 aromatic carbocycles. The van der Waals surface area contributed by atoms with Crippen LogP contribution in [0.1, 0.15) is 11.1 Å². The van der Waals surface area contributed by atoms with Crippen molar-refractivity contribution in [3.8, 4) is 0 Å². The van der Waals surface area contributed by atoms with E-state index in [0.29, 0.717) is 0 Å². The predicted molar refractivity (Wildman–Crippen MR) is 55.0 cm³/mol. The second kappa shape index (κ2) is 5.70. The lowest BCUT2D eigenvalue weighted by Gasteiger charge is -2.14. The monoisotopic (exact) mass is 301 g/mol. The first-order valence-electron chi connectivity index (χ1n) is 5.16. The van der Waals surface area contributed by atoms with E-state index in [9.17, 15) is 31.1 Å². The fraction of sp³-hybridized carbons (Fsp3) is 0.364. The number of nitrogens with two attached hydrogens (primary N) is 1. The molecule has 1 rings (SSSR count). The van der Waals surface area contributed by atoms with E-state index in [-0.39, 0.29) is 6.07 Å². The van der Waals surface area contributed by atoms with Crippen LogP contribution >= 0.6 is 0 Å². The van der Waals surface area contributed by atoms with Crippen LogP contribution < -0.4 is 5.73 Å². The largest absolute Gasteiger partial charge is 0.468 e. The minimum atomic E-state index is -5.24. The molecule has 0 bridgehead atoms. The van der Waals surface area contributed by atoms with Gasteiger partial charge in [0, 0.05) is 12.0 Å².